The number of hydrogen-bond acceptors (Lipinski definition) is 4. The lowest BCUT2D eigenvalue weighted by atomic mass is 10.0. The van der Waals surface area contributed by atoms with E-state index in [2.05, 4.69) is 32.1 Å². The Labute approximate surface area is 185 Å². The molecule has 168 valence electrons. The van der Waals surface area contributed by atoms with E-state index >= 15 is 0 Å². The second-order valence-electron chi connectivity index (χ2n) is 7.82. The standard InChI is InChI=1S/C24H26F3N5/c1-14(2)28-11-7-8-17-12-20-21(13-29-17)32(5)16(4)31-24(20)30-15(3)18-9-6-10-19(22(18)25)23(26)27/h6,9-10,12-15,23,28H,11H2,1-5H3. The highest BCUT2D eigenvalue weighted by molar-refractivity contribution is 5.78. The van der Waals surface area contributed by atoms with Crippen LogP contribution in [0.2, 0.25) is 0 Å². The van der Waals surface area contributed by atoms with Crippen LogP contribution in [0.1, 0.15) is 55.9 Å². The summed E-state index contributed by atoms with van der Waals surface area (Å²) in [4.78, 5) is 13.5. The quantitative estimate of drug-likeness (QED) is 0.599. The summed E-state index contributed by atoms with van der Waals surface area (Å²) in [6, 6.07) is 5.37. The van der Waals surface area contributed by atoms with E-state index in [1.54, 1.807) is 19.2 Å². The Morgan fingerprint density at radius 3 is 2.59 bits per heavy atom. The molecule has 32 heavy (non-hydrogen) atoms. The van der Waals surface area contributed by atoms with Gasteiger partial charge < -0.3 is 9.88 Å². The molecule has 0 saturated heterocycles. The average molecular weight is 442 g/mol. The number of alkyl halides is 2. The minimum Gasteiger partial charge on any atom is -0.331 e. The Morgan fingerprint density at radius 2 is 1.91 bits per heavy atom. The van der Waals surface area contributed by atoms with Crippen molar-refractivity contribution in [1.82, 2.24) is 19.9 Å². The van der Waals surface area contributed by atoms with Crippen LogP contribution in [0.25, 0.3) is 10.9 Å². The van der Waals surface area contributed by atoms with Crippen LogP contribution in [-0.4, -0.2) is 27.1 Å². The lowest BCUT2D eigenvalue weighted by molar-refractivity contribution is 0.146. The predicted octanol–water partition coefficient (Wildman–Crippen LogP) is 4.36. The number of fused-ring (bicyclic) bond motifs is 1. The average Bonchev–Trinajstić information content (AvgIpc) is 2.74. The first-order valence-corrected chi connectivity index (χ1v) is 10.3. The molecule has 0 amide bonds. The van der Waals surface area contributed by atoms with Crippen LogP contribution >= 0.6 is 0 Å². The van der Waals surface area contributed by atoms with Crippen LogP contribution in [0.15, 0.2) is 35.5 Å². The third-order valence-electron chi connectivity index (χ3n) is 5.11. The first-order chi connectivity index (χ1) is 15.2. The molecule has 1 aromatic carbocycles. The first-order valence-electron chi connectivity index (χ1n) is 10.3. The van der Waals surface area contributed by atoms with Gasteiger partial charge in [-0.3, -0.25) is 4.99 Å². The number of nitrogens with one attached hydrogen (secondary N) is 1. The van der Waals surface area contributed by atoms with Gasteiger partial charge in [0.2, 0.25) is 0 Å². The maximum absolute atomic E-state index is 14.6. The van der Waals surface area contributed by atoms with Gasteiger partial charge in [0, 0.05) is 24.0 Å². The highest BCUT2D eigenvalue weighted by Gasteiger charge is 2.19. The largest absolute Gasteiger partial charge is 0.331 e. The third kappa shape index (κ3) is 5.17. The molecule has 2 aromatic heterocycles. The van der Waals surface area contributed by atoms with Gasteiger partial charge in [0.25, 0.3) is 6.43 Å². The van der Waals surface area contributed by atoms with Gasteiger partial charge in [-0.15, -0.1) is 0 Å². The predicted molar refractivity (Wildman–Crippen MR) is 119 cm³/mol. The molecule has 0 aliphatic heterocycles. The van der Waals surface area contributed by atoms with Crippen LogP contribution in [0.3, 0.4) is 0 Å². The van der Waals surface area contributed by atoms with E-state index in [-0.39, 0.29) is 5.56 Å². The fourth-order valence-corrected chi connectivity index (χ4v) is 3.23. The van der Waals surface area contributed by atoms with Crippen molar-refractivity contribution in [1.29, 1.82) is 0 Å². The molecule has 0 spiro atoms. The van der Waals surface area contributed by atoms with E-state index < -0.39 is 23.8 Å². The maximum atomic E-state index is 14.6. The molecule has 0 bridgehead atoms. The molecule has 0 aliphatic rings. The van der Waals surface area contributed by atoms with Crippen LogP contribution in [0.4, 0.5) is 13.2 Å². The number of aryl methyl sites for hydroxylation is 2. The lowest BCUT2D eigenvalue weighted by Crippen LogP contribution is -2.22. The van der Waals surface area contributed by atoms with Gasteiger partial charge in [-0.1, -0.05) is 24.1 Å². The molecule has 2 heterocycles. The number of hydrogen-bond donors (Lipinski definition) is 1. The molecule has 3 rings (SSSR count). The van der Waals surface area contributed by atoms with E-state index in [1.165, 1.54) is 12.1 Å². The Hall–Kier alpha value is -3.18. The van der Waals surface area contributed by atoms with Gasteiger partial charge in [-0.05, 0) is 39.7 Å². The van der Waals surface area contributed by atoms with Gasteiger partial charge in [0.1, 0.15) is 17.3 Å². The number of pyridine rings is 1. The van der Waals surface area contributed by atoms with Crippen LogP contribution in [0, 0.1) is 24.6 Å². The molecular formula is C24H26F3N5. The fourth-order valence-electron chi connectivity index (χ4n) is 3.23. The Balaban J connectivity index is 2.11. The summed E-state index contributed by atoms with van der Waals surface area (Å²) in [5, 5.41) is 3.92. The van der Waals surface area contributed by atoms with E-state index in [4.69, 9.17) is 0 Å². The Kier molecular flexibility index (Phi) is 7.31. The van der Waals surface area contributed by atoms with Crippen molar-refractivity contribution in [3.63, 3.8) is 0 Å². The smallest absolute Gasteiger partial charge is 0.266 e. The van der Waals surface area contributed by atoms with Gasteiger partial charge in [-0.2, -0.15) is 0 Å². The van der Waals surface area contributed by atoms with Crippen molar-refractivity contribution in [2.24, 2.45) is 12.0 Å². The molecule has 8 heteroatoms. The van der Waals surface area contributed by atoms with Gasteiger partial charge >= 0.3 is 0 Å². The summed E-state index contributed by atoms with van der Waals surface area (Å²) in [6.45, 7) is 8.10. The number of rotatable bonds is 5. The van der Waals surface area contributed by atoms with Crippen molar-refractivity contribution >= 4 is 10.9 Å². The van der Waals surface area contributed by atoms with E-state index in [9.17, 15) is 13.2 Å². The van der Waals surface area contributed by atoms with E-state index in [0.717, 1.165) is 11.6 Å². The normalized spacial score (nSPS) is 13.0. The molecular weight excluding hydrogens is 415 g/mol. The van der Waals surface area contributed by atoms with Gasteiger partial charge in [0.05, 0.1) is 29.9 Å². The summed E-state index contributed by atoms with van der Waals surface area (Å²) >= 11 is 0. The SMILES string of the molecule is Cc1nc(=NC(C)c2cccc(C(F)F)c2F)c2cc(C#CCNC(C)C)ncc2n1C. The zero-order valence-corrected chi connectivity index (χ0v) is 18.7. The van der Waals surface area contributed by atoms with Crippen molar-refractivity contribution in [2.75, 3.05) is 6.54 Å². The Morgan fingerprint density at radius 1 is 1.19 bits per heavy atom. The van der Waals surface area contributed by atoms with Crippen molar-refractivity contribution in [3.05, 3.63) is 64.4 Å². The number of nitrogens with zero attached hydrogens (tertiary/aromatic N) is 4. The first kappa shape index (κ1) is 23.5. The molecule has 0 aliphatic carbocycles. The van der Waals surface area contributed by atoms with Crippen molar-refractivity contribution < 1.29 is 13.2 Å². The van der Waals surface area contributed by atoms with E-state index in [1.807, 2.05) is 32.4 Å². The molecule has 1 N–H and O–H groups in total. The summed E-state index contributed by atoms with van der Waals surface area (Å²) < 4.78 is 42.7. The molecule has 0 radical (unpaired) electrons. The minimum atomic E-state index is -2.89. The van der Waals surface area contributed by atoms with Crippen LogP contribution in [-0.2, 0) is 7.05 Å². The van der Waals surface area contributed by atoms with Crippen LogP contribution in [0.5, 0.6) is 0 Å². The van der Waals surface area contributed by atoms with E-state index in [0.29, 0.717) is 35.0 Å². The zero-order chi connectivity index (χ0) is 23.4. The topological polar surface area (TPSA) is 55.1 Å². The molecule has 1 atom stereocenters. The van der Waals surface area contributed by atoms with Crippen LogP contribution < -0.4 is 10.8 Å². The second-order valence-corrected chi connectivity index (χ2v) is 7.82. The Bertz CT molecular complexity index is 1250. The second kappa shape index (κ2) is 9.96. The zero-order valence-electron chi connectivity index (χ0n) is 18.7. The van der Waals surface area contributed by atoms with Crippen molar-refractivity contribution in [2.45, 2.75) is 46.2 Å². The van der Waals surface area contributed by atoms with Crippen molar-refractivity contribution in [3.8, 4) is 11.8 Å². The highest BCUT2D eigenvalue weighted by Crippen LogP contribution is 2.28. The number of benzene rings is 1. The van der Waals surface area contributed by atoms with Gasteiger partial charge in [0.15, 0.2) is 5.49 Å². The minimum absolute atomic E-state index is 0.0949. The monoisotopic (exact) mass is 441 g/mol. The highest BCUT2D eigenvalue weighted by atomic mass is 19.3. The number of aromatic nitrogens is 3. The molecule has 0 saturated carbocycles. The van der Waals surface area contributed by atoms with Gasteiger partial charge in [-0.25, -0.2) is 23.1 Å². The summed E-state index contributed by atoms with van der Waals surface area (Å²) in [6.07, 6.45) is -1.19. The molecule has 3 aromatic rings. The molecule has 0 fully saturated rings. The molecule has 1 unspecified atom stereocenters. The fraction of sp³-hybridized carbons (Fsp3) is 0.375. The lowest BCUT2D eigenvalue weighted by Gasteiger charge is -2.13. The maximum Gasteiger partial charge on any atom is 0.266 e. The summed E-state index contributed by atoms with van der Waals surface area (Å²) in [7, 11) is 1.86. The summed E-state index contributed by atoms with van der Waals surface area (Å²) in [5.74, 6) is 5.80. The molecule has 5 nitrogen and oxygen atoms in total. The summed E-state index contributed by atoms with van der Waals surface area (Å²) in [5.41, 5.74) is 1.20. The number of halogens is 3. The third-order valence-corrected chi connectivity index (χ3v) is 5.11.